The van der Waals surface area contributed by atoms with Gasteiger partial charge in [0.1, 0.15) is 12.6 Å². The maximum atomic E-state index is 14.5. The molecule has 0 bridgehead atoms. The van der Waals surface area contributed by atoms with E-state index in [9.17, 15) is 18.0 Å². The van der Waals surface area contributed by atoms with E-state index in [4.69, 9.17) is 0 Å². The summed E-state index contributed by atoms with van der Waals surface area (Å²) in [4.78, 5) is 30.0. The highest BCUT2D eigenvalue weighted by Gasteiger charge is 2.35. The van der Waals surface area contributed by atoms with E-state index in [2.05, 4.69) is 12.2 Å². The molecule has 0 spiro atoms. The Labute approximate surface area is 261 Å². The number of carbonyl (C=O) groups excluding carboxylic acids is 2. The number of unbranched alkanes of at least 4 members (excludes halogenated alkanes) is 1. The number of aryl methyl sites for hydroxylation is 2. The molecule has 1 atom stereocenters. The molecule has 0 aliphatic heterocycles. The molecule has 230 valence electrons. The first-order valence-electron chi connectivity index (χ1n) is 15.0. The predicted molar refractivity (Wildman–Crippen MR) is 176 cm³/mol. The largest absolute Gasteiger partial charge is 0.354 e. The van der Waals surface area contributed by atoms with Crippen molar-refractivity contribution >= 4 is 27.5 Å². The van der Waals surface area contributed by atoms with Crippen molar-refractivity contribution in [1.82, 2.24) is 10.2 Å². The number of hydrogen-bond donors (Lipinski definition) is 1. The van der Waals surface area contributed by atoms with Crippen LogP contribution in [0.15, 0.2) is 114 Å². The second-order valence-corrected chi connectivity index (χ2v) is 12.8. The number of rotatable bonds is 14. The Bertz CT molecular complexity index is 1640. The first-order valence-corrected chi connectivity index (χ1v) is 16.5. The van der Waals surface area contributed by atoms with Crippen molar-refractivity contribution in [2.45, 2.75) is 57.5 Å². The van der Waals surface area contributed by atoms with E-state index < -0.39 is 28.5 Å². The lowest BCUT2D eigenvalue weighted by atomic mass is 10.0. The third-order valence-electron chi connectivity index (χ3n) is 7.70. The molecule has 0 aliphatic rings. The molecule has 4 aromatic rings. The summed E-state index contributed by atoms with van der Waals surface area (Å²) < 4.78 is 29.4. The molecule has 0 radical (unpaired) electrons. The molecule has 1 N–H and O–H groups in total. The molecular weight excluding hydrogens is 570 g/mol. The molecule has 4 aromatic carbocycles. The van der Waals surface area contributed by atoms with Crippen molar-refractivity contribution < 1.29 is 18.0 Å². The first-order chi connectivity index (χ1) is 21.2. The number of benzene rings is 4. The van der Waals surface area contributed by atoms with Gasteiger partial charge in [-0.25, -0.2) is 8.42 Å². The van der Waals surface area contributed by atoms with Crippen LogP contribution in [0.3, 0.4) is 0 Å². The smallest absolute Gasteiger partial charge is 0.264 e. The molecule has 0 fully saturated rings. The molecule has 0 heterocycles. The molecule has 0 saturated heterocycles. The Morgan fingerprint density at radius 2 is 1.36 bits per heavy atom. The zero-order valence-corrected chi connectivity index (χ0v) is 26.5. The van der Waals surface area contributed by atoms with Gasteiger partial charge in [-0.3, -0.25) is 13.9 Å². The lowest BCUT2D eigenvalue weighted by Gasteiger charge is -2.34. The third kappa shape index (κ3) is 8.14. The van der Waals surface area contributed by atoms with Crippen molar-refractivity contribution in [2.75, 3.05) is 17.4 Å². The summed E-state index contributed by atoms with van der Waals surface area (Å²) in [6.07, 6.45) is 2.01. The maximum Gasteiger partial charge on any atom is 0.264 e. The molecule has 7 nitrogen and oxygen atoms in total. The second kappa shape index (κ2) is 15.3. The molecule has 4 rings (SSSR count). The maximum absolute atomic E-state index is 14.5. The Kier molecular flexibility index (Phi) is 11.3. The van der Waals surface area contributed by atoms with Gasteiger partial charge in [-0.05, 0) is 60.7 Å². The van der Waals surface area contributed by atoms with Crippen molar-refractivity contribution in [3.63, 3.8) is 0 Å². The van der Waals surface area contributed by atoms with E-state index >= 15 is 0 Å². The fourth-order valence-corrected chi connectivity index (χ4v) is 6.61. The van der Waals surface area contributed by atoms with Crippen LogP contribution in [0.2, 0.25) is 0 Å². The molecule has 0 aromatic heterocycles. The van der Waals surface area contributed by atoms with Crippen LogP contribution in [-0.2, 0) is 32.6 Å². The fraction of sp³-hybridized carbons (Fsp3) is 0.278. The summed E-state index contributed by atoms with van der Waals surface area (Å²) in [6.45, 7) is 6.00. The zero-order valence-electron chi connectivity index (χ0n) is 25.6. The van der Waals surface area contributed by atoms with Gasteiger partial charge in [-0.2, -0.15) is 0 Å². The predicted octanol–water partition coefficient (Wildman–Crippen LogP) is 6.06. The van der Waals surface area contributed by atoms with Crippen LogP contribution in [0.4, 0.5) is 5.69 Å². The normalized spacial score (nSPS) is 11.9. The van der Waals surface area contributed by atoms with Crippen LogP contribution in [0, 0.1) is 13.8 Å². The van der Waals surface area contributed by atoms with Gasteiger partial charge >= 0.3 is 0 Å². The molecule has 44 heavy (non-hydrogen) atoms. The number of hydrogen-bond acceptors (Lipinski definition) is 4. The summed E-state index contributed by atoms with van der Waals surface area (Å²) in [5, 5.41) is 3.03. The lowest BCUT2D eigenvalue weighted by molar-refractivity contribution is -0.140. The number of para-hydroxylation sites is 1. The monoisotopic (exact) mass is 611 g/mol. The number of amides is 2. The van der Waals surface area contributed by atoms with Crippen molar-refractivity contribution in [2.24, 2.45) is 0 Å². The fourth-order valence-electron chi connectivity index (χ4n) is 5.11. The Morgan fingerprint density at radius 1 is 0.773 bits per heavy atom. The lowest BCUT2D eigenvalue weighted by Crippen LogP contribution is -2.53. The van der Waals surface area contributed by atoms with E-state index in [0.717, 1.165) is 29.5 Å². The minimum Gasteiger partial charge on any atom is -0.354 e. The molecular formula is C36H41N3O4S. The third-order valence-corrected chi connectivity index (χ3v) is 9.47. The average Bonchev–Trinajstić information content (AvgIpc) is 3.03. The quantitative estimate of drug-likeness (QED) is 0.176. The zero-order chi connectivity index (χ0) is 31.5. The minimum absolute atomic E-state index is 0.0830. The van der Waals surface area contributed by atoms with Gasteiger partial charge in [0.15, 0.2) is 0 Å². The SMILES string of the molecule is CCCCNC(=O)[C@@H](Cc1ccccc1)N(Cc1ccccc1C)C(=O)CN(c1ccccc1C)S(=O)(=O)c1ccccc1. The summed E-state index contributed by atoms with van der Waals surface area (Å²) in [5.41, 5.74) is 3.88. The van der Waals surface area contributed by atoms with Gasteiger partial charge in [-0.1, -0.05) is 104 Å². The number of carbonyl (C=O) groups is 2. The van der Waals surface area contributed by atoms with E-state index in [1.807, 2.05) is 80.6 Å². The highest BCUT2D eigenvalue weighted by Crippen LogP contribution is 2.28. The Balaban J connectivity index is 1.80. The number of anilines is 1. The molecule has 0 aliphatic carbocycles. The van der Waals surface area contributed by atoms with Crippen LogP contribution >= 0.6 is 0 Å². The van der Waals surface area contributed by atoms with Crippen LogP contribution in [0.1, 0.15) is 42.0 Å². The van der Waals surface area contributed by atoms with E-state index in [1.54, 1.807) is 35.2 Å². The summed E-state index contributed by atoms with van der Waals surface area (Å²) in [6, 6.07) is 31.7. The summed E-state index contributed by atoms with van der Waals surface area (Å²) in [5.74, 6) is -0.736. The Morgan fingerprint density at radius 3 is 2.00 bits per heavy atom. The van der Waals surface area contributed by atoms with E-state index in [1.165, 1.54) is 16.4 Å². The van der Waals surface area contributed by atoms with Gasteiger partial charge in [0.2, 0.25) is 11.8 Å². The van der Waals surface area contributed by atoms with E-state index in [0.29, 0.717) is 17.8 Å². The first kappa shape index (κ1) is 32.5. The Hall–Kier alpha value is -4.43. The van der Waals surface area contributed by atoms with Crippen molar-refractivity contribution in [3.05, 3.63) is 131 Å². The summed E-state index contributed by atoms with van der Waals surface area (Å²) in [7, 11) is -4.12. The van der Waals surface area contributed by atoms with Crippen LogP contribution < -0.4 is 9.62 Å². The highest BCUT2D eigenvalue weighted by atomic mass is 32.2. The van der Waals surface area contributed by atoms with Crippen molar-refractivity contribution in [3.8, 4) is 0 Å². The standard InChI is InChI=1S/C36H41N3O4S/c1-4-5-24-37-36(41)34(25-30-18-8-6-9-19-30)38(26-31-20-14-12-16-28(31)2)35(40)27-39(33-23-15-13-17-29(33)3)44(42,43)32-21-10-7-11-22-32/h6-23,34H,4-5,24-27H2,1-3H3,(H,37,41)/t34-/m1/s1. The molecule has 2 amide bonds. The molecule has 0 unspecified atom stereocenters. The van der Waals surface area contributed by atoms with Crippen molar-refractivity contribution in [1.29, 1.82) is 0 Å². The van der Waals surface area contributed by atoms with Gasteiger partial charge in [-0.15, -0.1) is 0 Å². The number of nitrogens with zero attached hydrogens (tertiary/aromatic N) is 2. The van der Waals surface area contributed by atoms with Gasteiger partial charge < -0.3 is 10.2 Å². The highest BCUT2D eigenvalue weighted by molar-refractivity contribution is 7.92. The molecule has 0 saturated carbocycles. The van der Waals surface area contributed by atoms with E-state index in [-0.39, 0.29) is 23.8 Å². The summed E-state index contributed by atoms with van der Waals surface area (Å²) >= 11 is 0. The minimum atomic E-state index is -4.12. The number of sulfonamides is 1. The number of nitrogens with one attached hydrogen (secondary N) is 1. The van der Waals surface area contributed by atoms with Gasteiger partial charge in [0, 0.05) is 19.5 Å². The topological polar surface area (TPSA) is 86.8 Å². The van der Waals surface area contributed by atoms with Gasteiger partial charge in [0.25, 0.3) is 10.0 Å². The van der Waals surface area contributed by atoms with Crippen LogP contribution in [-0.4, -0.2) is 44.3 Å². The second-order valence-electron chi connectivity index (χ2n) is 10.9. The molecule has 8 heteroatoms. The van der Waals surface area contributed by atoms with Crippen LogP contribution in [0.25, 0.3) is 0 Å². The average molecular weight is 612 g/mol. The van der Waals surface area contributed by atoms with Gasteiger partial charge in [0.05, 0.1) is 10.6 Å². The van der Waals surface area contributed by atoms with Crippen LogP contribution in [0.5, 0.6) is 0 Å².